The summed E-state index contributed by atoms with van der Waals surface area (Å²) in [7, 11) is -4.29. The Labute approximate surface area is 173 Å². The molecular weight excluding hydrogens is 424 g/mol. The number of esters is 1. The number of nitrogens with zero attached hydrogens (tertiary/aromatic N) is 2. The van der Waals surface area contributed by atoms with Crippen molar-refractivity contribution >= 4 is 39.0 Å². The van der Waals surface area contributed by atoms with Gasteiger partial charge in [0.2, 0.25) is 0 Å². The summed E-state index contributed by atoms with van der Waals surface area (Å²) in [6.07, 6.45) is 0. The van der Waals surface area contributed by atoms with Crippen LogP contribution < -0.4 is 9.04 Å². The first-order valence-electron chi connectivity index (χ1n) is 8.55. The van der Waals surface area contributed by atoms with E-state index in [1.165, 1.54) is 30.3 Å². The van der Waals surface area contributed by atoms with E-state index in [9.17, 15) is 23.3 Å². The second-order valence-electron chi connectivity index (χ2n) is 5.61. The highest BCUT2D eigenvalue weighted by Gasteiger charge is 2.30. The van der Waals surface area contributed by atoms with Gasteiger partial charge >= 0.3 is 5.97 Å². The van der Waals surface area contributed by atoms with Gasteiger partial charge in [-0.1, -0.05) is 11.6 Å². The van der Waals surface area contributed by atoms with Gasteiger partial charge in [-0.25, -0.2) is 8.42 Å². The molecule has 0 aliphatic heterocycles. The molecule has 0 aromatic heterocycles. The van der Waals surface area contributed by atoms with E-state index in [1.807, 2.05) is 0 Å². The largest absolute Gasteiger partial charge is 0.494 e. The Morgan fingerprint density at radius 1 is 1.14 bits per heavy atom. The summed E-state index contributed by atoms with van der Waals surface area (Å²) in [5, 5.41) is 11.0. The molecule has 0 aliphatic rings. The molecule has 156 valence electrons. The van der Waals surface area contributed by atoms with E-state index >= 15 is 0 Å². The number of ether oxygens (including phenoxy) is 2. The van der Waals surface area contributed by atoms with Crippen molar-refractivity contribution < 1.29 is 27.6 Å². The minimum absolute atomic E-state index is 0.0401. The van der Waals surface area contributed by atoms with Crippen LogP contribution in [0.4, 0.5) is 11.4 Å². The van der Waals surface area contributed by atoms with Gasteiger partial charge in [0, 0.05) is 12.1 Å². The second-order valence-corrected chi connectivity index (χ2v) is 7.88. The molecule has 9 nitrogen and oxygen atoms in total. The van der Waals surface area contributed by atoms with E-state index in [0.29, 0.717) is 16.7 Å². The highest BCUT2D eigenvalue weighted by molar-refractivity contribution is 7.92. The van der Waals surface area contributed by atoms with Crippen LogP contribution in [-0.2, 0) is 19.6 Å². The smallest absolute Gasteiger partial charge is 0.326 e. The molecule has 11 heteroatoms. The van der Waals surface area contributed by atoms with Crippen molar-refractivity contribution in [2.75, 3.05) is 24.1 Å². The van der Waals surface area contributed by atoms with Gasteiger partial charge in [-0.15, -0.1) is 0 Å². The molecule has 29 heavy (non-hydrogen) atoms. The Kier molecular flexibility index (Phi) is 7.40. The van der Waals surface area contributed by atoms with Crippen LogP contribution >= 0.6 is 11.6 Å². The van der Waals surface area contributed by atoms with E-state index in [4.69, 9.17) is 21.1 Å². The molecule has 0 aliphatic carbocycles. The summed E-state index contributed by atoms with van der Waals surface area (Å²) in [5.74, 6) is -0.360. The van der Waals surface area contributed by atoms with Gasteiger partial charge in [-0.2, -0.15) is 0 Å². The third kappa shape index (κ3) is 5.36. The summed E-state index contributed by atoms with van der Waals surface area (Å²) in [5.41, 5.74) is -0.581. The number of nitro benzene ring substituents is 1. The zero-order valence-electron chi connectivity index (χ0n) is 15.7. The van der Waals surface area contributed by atoms with Crippen LogP contribution in [-0.4, -0.2) is 39.1 Å². The quantitative estimate of drug-likeness (QED) is 0.332. The van der Waals surface area contributed by atoms with E-state index in [1.54, 1.807) is 13.8 Å². The van der Waals surface area contributed by atoms with Crippen LogP contribution in [0.15, 0.2) is 47.4 Å². The van der Waals surface area contributed by atoms with Crippen molar-refractivity contribution in [3.63, 3.8) is 0 Å². The lowest BCUT2D eigenvalue weighted by Gasteiger charge is -2.24. The SMILES string of the molecule is CCOC(=O)CN(c1cc([N+](=O)[O-])ccc1Cl)S(=O)(=O)c1ccc(OCC)cc1. The van der Waals surface area contributed by atoms with Crippen molar-refractivity contribution in [3.05, 3.63) is 57.6 Å². The first-order valence-corrected chi connectivity index (χ1v) is 10.4. The zero-order chi connectivity index (χ0) is 21.6. The third-order valence-corrected chi connectivity index (χ3v) is 5.80. The minimum atomic E-state index is -4.29. The average molecular weight is 443 g/mol. The maximum Gasteiger partial charge on any atom is 0.326 e. The predicted octanol–water partition coefficient (Wildman–Crippen LogP) is 3.41. The van der Waals surface area contributed by atoms with Crippen LogP contribution in [0.1, 0.15) is 13.8 Å². The number of anilines is 1. The Morgan fingerprint density at radius 3 is 2.34 bits per heavy atom. The highest BCUT2D eigenvalue weighted by Crippen LogP contribution is 2.34. The first kappa shape index (κ1) is 22.4. The van der Waals surface area contributed by atoms with Gasteiger partial charge in [0.15, 0.2) is 0 Å². The maximum atomic E-state index is 13.2. The molecule has 0 saturated heterocycles. The molecule has 0 saturated carbocycles. The van der Waals surface area contributed by atoms with Crippen molar-refractivity contribution in [1.29, 1.82) is 0 Å². The van der Waals surface area contributed by atoms with Crippen LogP contribution in [0.3, 0.4) is 0 Å². The summed E-state index contributed by atoms with van der Waals surface area (Å²) >= 11 is 6.12. The van der Waals surface area contributed by atoms with Crippen LogP contribution in [0, 0.1) is 10.1 Å². The fourth-order valence-corrected chi connectivity index (χ4v) is 4.12. The number of sulfonamides is 1. The topological polar surface area (TPSA) is 116 Å². The maximum absolute atomic E-state index is 13.2. The Hall–Kier alpha value is -2.85. The molecule has 0 unspecified atom stereocenters. The molecule has 0 atom stereocenters. The Balaban J connectivity index is 2.56. The minimum Gasteiger partial charge on any atom is -0.494 e. The van der Waals surface area contributed by atoms with Crippen LogP contribution in [0.5, 0.6) is 5.75 Å². The van der Waals surface area contributed by atoms with E-state index in [0.717, 1.165) is 12.1 Å². The molecule has 0 radical (unpaired) electrons. The summed E-state index contributed by atoms with van der Waals surface area (Å²) in [6.45, 7) is 3.10. The molecule has 0 spiro atoms. The number of nitro groups is 1. The number of halogens is 1. The number of carbonyl (C=O) groups is 1. The van der Waals surface area contributed by atoms with E-state index in [2.05, 4.69) is 0 Å². The summed E-state index contributed by atoms with van der Waals surface area (Å²) in [6, 6.07) is 8.88. The Morgan fingerprint density at radius 2 is 1.79 bits per heavy atom. The third-order valence-electron chi connectivity index (χ3n) is 3.71. The monoisotopic (exact) mass is 442 g/mol. The van der Waals surface area contributed by atoms with Crippen molar-refractivity contribution in [2.45, 2.75) is 18.7 Å². The highest BCUT2D eigenvalue weighted by atomic mass is 35.5. The molecule has 0 heterocycles. The molecule has 0 fully saturated rings. The van der Waals surface area contributed by atoms with Crippen molar-refractivity contribution in [2.24, 2.45) is 0 Å². The summed E-state index contributed by atoms with van der Waals surface area (Å²) < 4.78 is 37.3. The number of rotatable bonds is 9. The molecule has 0 bridgehead atoms. The van der Waals surface area contributed by atoms with Gasteiger partial charge in [0.05, 0.1) is 33.7 Å². The number of hydrogen-bond donors (Lipinski definition) is 0. The standard InChI is InChI=1S/C18H19ClN2O7S/c1-3-27-14-6-8-15(9-7-14)29(25,26)20(12-18(22)28-4-2)17-11-13(21(23)24)5-10-16(17)19/h5-11H,3-4,12H2,1-2H3. The fraction of sp³-hybridized carbons (Fsp3) is 0.278. The number of hydrogen-bond acceptors (Lipinski definition) is 7. The lowest BCUT2D eigenvalue weighted by molar-refractivity contribution is -0.384. The molecular formula is C18H19ClN2O7S. The second kappa shape index (κ2) is 9.57. The number of non-ortho nitro benzene ring substituents is 1. The Bertz CT molecular complexity index is 994. The summed E-state index contributed by atoms with van der Waals surface area (Å²) in [4.78, 5) is 22.3. The van der Waals surface area contributed by atoms with Gasteiger partial charge < -0.3 is 9.47 Å². The van der Waals surface area contributed by atoms with Crippen molar-refractivity contribution in [3.8, 4) is 5.75 Å². The van der Waals surface area contributed by atoms with Crippen LogP contribution in [0.25, 0.3) is 0 Å². The molecule has 0 amide bonds. The van der Waals surface area contributed by atoms with Gasteiger partial charge in [0.25, 0.3) is 15.7 Å². The average Bonchev–Trinajstić information content (AvgIpc) is 2.67. The first-order chi connectivity index (χ1) is 13.7. The van der Waals surface area contributed by atoms with Crippen LogP contribution in [0.2, 0.25) is 5.02 Å². The molecule has 0 N–H and O–H groups in total. The van der Waals surface area contributed by atoms with Crippen molar-refractivity contribution in [1.82, 2.24) is 0 Å². The normalized spacial score (nSPS) is 11.0. The predicted molar refractivity (Wildman–Crippen MR) is 107 cm³/mol. The van der Waals surface area contributed by atoms with Gasteiger partial charge in [-0.3, -0.25) is 19.2 Å². The molecule has 2 aromatic rings. The van der Waals surface area contributed by atoms with E-state index in [-0.39, 0.29) is 27.9 Å². The molecule has 2 aromatic carbocycles. The lowest BCUT2D eigenvalue weighted by atomic mass is 10.3. The number of carbonyl (C=O) groups excluding carboxylic acids is 1. The number of benzene rings is 2. The van der Waals surface area contributed by atoms with E-state index < -0.39 is 27.5 Å². The van der Waals surface area contributed by atoms with Gasteiger partial charge in [-0.05, 0) is 44.2 Å². The fourth-order valence-electron chi connectivity index (χ4n) is 2.43. The molecule has 2 rings (SSSR count). The zero-order valence-corrected chi connectivity index (χ0v) is 17.3. The van der Waals surface area contributed by atoms with Gasteiger partial charge in [0.1, 0.15) is 12.3 Å². The lowest BCUT2D eigenvalue weighted by Crippen LogP contribution is -2.36.